The number of allylic oxidation sites excluding steroid dienone is 2. The summed E-state index contributed by atoms with van der Waals surface area (Å²) in [5.74, 6) is 0. The number of hydrogen-bond donors (Lipinski definition) is 0. The van der Waals surface area contributed by atoms with Gasteiger partial charge in [-0.25, -0.2) is 0 Å². The Morgan fingerprint density at radius 2 is 1.33 bits per heavy atom. The molecule has 0 unspecified atom stereocenters. The molecule has 2 aromatic rings. The monoisotopic (exact) mass is 316 g/mol. The first-order valence-electron chi connectivity index (χ1n) is 5.81. The van der Waals surface area contributed by atoms with Gasteiger partial charge in [-0.2, -0.15) is 0 Å². The van der Waals surface area contributed by atoms with E-state index in [1.807, 2.05) is 0 Å². The fourth-order valence-corrected chi connectivity index (χ4v) is 6.20. The molecular formula is C16H13BrS. The predicted octanol–water partition coefficient (Wildman–Crippen LogP) is 5.71. The van der Waals surface area contributed by atoms with Gasteiger partial charge in [0.15, 0.2) is 0 Å². The highest BCUT2D eigenvalue weighted by atomic mass is 79.9. The average Bonchev–Trinajstić information content (AvgIpc) is 2.91. The van der Waals surface area contributed by atoms with Crippen LogP contribution in [0.4, 0.5) is 0 Å². The second-order valence-electron chi connectivity index (χ2n) is 4.11. The van der Waals surface area contributed by atoms with Crippen LogP contribution in [0.25, 0.3) is 0 Å². The van der Waals surface area contributed by atoms with Crippen LogP contribution in [0.2, 0.25) is 0 Å². The molecule has 2 aromatic carbocycles. The average molecular weight is 317 g/mol. The topological polar surface area (TPSA) is 0 Å². The molecule has 0 amide bonds. The summed E-state index contributed by atoms with van der Waals surface area (Å²) in [6.07, 6.45) is 4.31. The molecule has 90 valence electrons. The molecule has 0 radical (unpaired) electrons. The lowest BCUT2D eigenvalue weighted by Gasteiger charge is -2.33. The van der Waals surface area contributed by atoms with Crippen molar-refractivity contribution in [2.45, 2.75) is 9.79 Å². The van der Waals surface area contributed by atoms with Gasteiger partial charge in [0.2, 0.25) is 0 Å². The molecule has 0 fully saturated rings. The fraction of sp³-hybridized carbons (Fsp3) is 0. The van der Waals surface area contributed by atoms with Crippen LogP contribution in [0.1, 0.15) is 0 Å². The van der Waals surface area contributed by atoms with Gasteiger partial charge in [-0.15, -0.1) is 10.0 Å². The third-order valence-corrected chi connectivity index (χ3v) is 7.29. The van der Waals surface area contributed by atoms with Crippen molar-refractivity contribution < 1.29 is 0 Å². The standard InChI is InChI=1S/C16H13BrS/c17-15-10-4-5-11-16(15)18(12-6-7-13-18)14-8-2-1-3-9-14/h1-13H. The summed E-state index contributed by atoms with van der Waals surface area (Å²) in [5, 5.41) is 4.67. The molecule has 1 aliphatic heterocycles. The van der Waals surface area contributed by atoms with Gasteiger partial charge in [-0.05, 0) is 51.0 Å². The van der Waals surface area contributed by atoms with Gasteiger partial charge >= 0.3 is 0 Å². The van der Waals surface area contributed by atoms with Crippen molar-refractivity contribution in [2.75, 3.05) is 0 Å². The maximum Gasteiger partial charge on any atom is 0.0305 e. The van der Waals surface area contributed by atoms with Crippen molar-refractivity contribution >= 4 is 26.0 Å². The quantitative estimate of drug-likeness (QED) is 0.665. The van der Waals surface area contributed by atoms with E-state index in [-0.39, 0.29) is 0 Å². The lowest BCUT2D eigenvalue weighted by atomic mass is 10.4. The molecule has 18 heavy (non-hydrogen) atoms. The minimum atomic E-state index is -1.16. The van der Waals surface area contributed by atoms with Gasteiger partial charge in [0, 0.05) is 14.3 Å². The number of rotatable bonds is 2. The highest BCUT2D eigenvalue weighted by Gasteiger charge is 2.26. The second-order valence-corrected chi connectivity index (χ2v) is 7.84. The van der Waals surface area contributed by atoms with E-state index in [9.17, 15) is 0 Å². The first kappa shape index (κ1) is 11.8. The predicted molar refractivity (Wildman–Crippen MR) is 83.0 cm³/mol. The molecular weight excluding hydrogens is 304 g/mol. The molecule has 1 aliphatic rings. The molecule has 0 spiro atoms. The lowest BCUT2D eigenvalue weighted by molar-refractivity contribution is 1.35. The molecule has 0 N–H and O–H groups in total. The van der Waals surface area contributed by atoms with Crippen LogP contribution in [0, 0.1) is 0 Å². The van der Waals surface area contributed by atoms with Crippen molar-refractivity contribution in [1.82, 2.24) is 0 Å². The van der Waals surface area contributed by atoms with Gasteiger partial charge in [-0.3, -0.25) is 0 Å². The van der Waals surface area contributed by atoms with Crippen LogP contribution in [-0.2, 0) is 0 Å². The molecule has 0 saturated heterocycles. The normalized spacial score (nSPS) is 17.8. The Morgan fingerprint density at radius 3 is 2.00 bits per heavy atom. The van der Waals surface area contributed by atoms with E-state index in [0.29, 0.717) is 0 Å². The Balaban J connectivity index is 2.24. The van der Waals surface area contributed by atoms with E-state index in [1.54, 1.807) is 0 Å². The zero-order valence-corrected chi connectivity index (χ0v) is 12.2. The second kappa shape index (κ2) is 4.79. The van der Waals surface area contributed by atoms with Crippen LogP contribution >= 0.6 is 26.0 Å². The first-order chi connectivity index (χ1) is 8.83. The van der Waals surface area contributed by atoms with Crippen LogP contribution in [0.15, 0.2) is 91.8 Å². The van der Waals surface area contributed by atoms with E-state index < -0.39 is 10.0 Å². The largest absolute Gasteiger partial charge is 0.145 e. The fourth-order valence-electron chi connectivity index (χ4n) is 2.18. The molecule has 0 aliphatic carbocycles. The number of benzene rings is 2. The molecule has 1 heterocycles. The number of hydrogen-bond acceptors (Lipinski definition) is 0. The van der Waals surface area contributed by atoms with Crippen molar-refractivity contribution in [3.63, 3.8) is 0 Å². The summed E-state index contributed by atoms with van der Waals surface area (Å²) in [7, 11) is -1.16. The Labute approximate surface area is 117 Å². The summed E-state index contributed by atoms with van der Waals surface area (Å²) < 4.78 is 1.18. The van der Waals surface area contributed by atoms with Gasteiger partial charge in [0.25, 0.3) is 0 Å². The summed E-state index contributed by atoms with van der Waals surface area (Å²) >= 11 is 3.69. The molecule has 0 atom stereocenters. The Hall–Kier alpha value is -1.25. The molecule has 3 rings (SSSR count). The van der Waals surface area contributed by atoms with Crippen molar-refractivity contribution in [2.24, 2.45) is 0 Å². The van der Waals surface area contributed by atoms with Crippen molar-refractivity contribution in [3.8, 4) is 0 Å². The van der Waals surface area contributed by atoms with E-state index in [4.69, 9.17) is 0 Å². The lowest BCUT2D eigenvalue weighted by Crippen LogP contribution is -1.94. The maximum atomic E-state index is 3.69. The van der Waals surface area contributed by atoms with Crippen LogP contribution in [0.3, 0.4) is 0 Å². The van der Waals surface area contributed by atoms with Gasteiger partial charge in [0.05, 0.1) is 0 Å². The SMILES string of the molecule is Brc1ccccc1S1(c2ccccc2)C=CC=C1. The third kappa shape index (κ3) is 1.86. The molecule has 2 heteroatoms. The van der Waals surface area contributed by atoms with E-state index in [2.05, 4.69) is 93.5 Å². The first-order valence-corrected chi connectivity index (χ1v) is 8.36. The highest BCUT2D eigenvalue weighted by Crippen LogP contribution is 2.68. The van der Waals surface area contributed by atoms with Crippen LogP contribution in [0.5, 0.6) is 0 Å². The van der Waals surface area contributed by atoms with Crippen LogP contribution in [-0.4, -0.2) is 0 Å². The minimum Gasteiger partial charge on any atom is -0.145 e. The van der Waals surface area contributed by atoms with E-state index in [1.165, 1.54) is 14.3 Å². The van der Waals surface area contributed by atoms with E-state index >= 15 is 0 Å². The van der Waals surface area contributed by atoms with Crippen molar-refractivity contribution in [3.05, 3.63) is 82.0 Å². The molecule has 0 aromatic heterocycles. The summed E-state index contributed by atoms with van der Waals surface area (Å²) in [6.45, 7) is 0. The number of halogens is 1. The van der Waals surface area contributed by atoms with Gasteiger partial charge in [-0.1, -0.05) is 42.5 Å². The highest BCUT2D eigenvalue weighted by molar-refractivity contribution is 9.10. The van der Waals surface area contributed by atoms with Gasteiger partial charge in [0.1, 0.15) is 0 Å². The molecule has 0 nitrogen and oxygen atoms in total. The smallest absolute Gasteiger partial charge is 0.0305 e. The summed E-state index contributed by atoms with van der Waals surface area (Å²) in [4.78, 5) is 2.74. The molecule has 0 saturated carbocycles. The molecule has 0 bridgehead atoms. The summed E-state index contributed by atoms with van der Waals surface area (Å²) in [6, 6.07) is 19.2. The van der Waals surface area contributed by atoms with Gasteiger partial charge < -0.3 is 0 Å². The maximum absolute atomic E-state index is 3.69. The van der Waals surface area contributed by atoms with Crippen LogP contribution < -0.4 is 0 Å². The summed E-state index contributed by atoms with van der Waals surface area (Å²) in [5.41, 5.74) is 0. The Kier molecular flexibility index (Phi) is 3.14. The zero-order valence-electron chi connectivity index (χ0n) is 9.79. The Morgan fingerprint density at radius 1 is 0.722 bits per heavy atom. The Bertz CT molecular complexity index is 602. The minimum absolute atomic E-state index is 1.16. The third-order valence-electron chi connectivity index (χ3n) is 3.03. The zero-order chi connectivity index (χ0) is 12.4. The van der Waals surface area contributed by atoms with Crippen molar-refractivity contribution in [1.29, 1.82) is 0 Å². The van der Waals surface area contributed by atoms with E-state index in [0.717, 1.165) is 0 Å².